The molecule has 0 aliphatic heterocycles. The monoisotopic (exact) mass is 181 g/mol. The van der Waals surface area contributed by atoms with Gasteiger partial charge in [0.1, 0.15) is 0 Å². The van der Waals surface area contributed by atoms with Gasteiger partial charge in [-0.2, -0.15) is 0 Å². The number of unbranched alkanes of at least 4 members (excludes halogenated alkanes) is 3. The summed E-state index contributed by atoms with van der Waals surface area (Å²) in [6.07, 6.45) is 17.0. The van der Waals surface area contributed by atoms with Crippen molar-refractivity contribution in [2.24, 2.45) is 5.92 Å². The summed E-state index contributed by atoms with van der Waals surface area (Å²) in [6, 6.07) is 0. The molecule has 77 valence electrons. The summed E-state index contributed by atoms with van der Waals surface area (Å²) in [7, 11) is 0. The molecule has 1 aliphatic rings. The summed E-state index contributed by atoms with van der Waals surface area (Å²) < 4.78 is 0. The summed E-state index contributed by atoms with van der Waals surface area (Å²) in [5, 5.41) is 0. The largest absolute Gasteiger partial charge is 0.0654 e. The Labute approximate surface area is 84.1 Å². The van der Waals surface area contributed by atoms with Crippen LogP contribution in [0.2, 0.25) is 0 Å². The van der Waals surface area contributed by atoms with Gasteiger partial charge in [0.25, 0.3) is 0 Å². The van der Waals surface area contributed by atoms with Gasteiger partial charge in [-0.1, -0.05) is 64.7 Å². The van der Waals surface area contributed by atoms with Crippen LogP contribution in [0.1, 0.15) is 71.1 Å². The highest BCUT2D eigenvalue weighted by Crippen LogP contribution is 2.26. The van der Waals surface area contributed by atoms with E-state index in [4.69, 9.17) is 0 Å². The Hall–Kier alpha value is 0. The zero-order valence-electron chi connectivity index (χ0n) is 9.23. The fraction of sp³-hybridized carbons (Fsp3) is 0.923. The molecule has 0 saturated heterocycles. The molecule has 0 aromatic carbocycles. The van der Waals surface area contributed by atoms with E-state index in [1.54, 1.807) is 0 Å². The molecule has 0 bridgehead atoms. The van der Waals surface area contributed by atoms with E-state index in [1.807, 2.05) is 0 Å². The number of hydrogen-bond donors (Lipinski definition) is 0. The molecule has 13 heavy (non-hydrogen) atoms. The third-order valence-electron chi connectivity index (χ3n) is 3.27. The van der Waals surface area contributed by atoms with Crippen LogP contribution in [0.25, 0.3) is 0 Å². The molecular formula is C13H25. The lowest BCUT2D eigenvalue weighted by Gasteiger charge is -2.12. The van der Waals surface area contributed by atoms with Crippen molar-refractivity contribution in [3.05, 3.63) is 6.42 Å². The first kappa shape index (κ1) is 11.1. The SMILES string of the molecule is CCCCCCC1CC[CH]CCC1. The molecule has 1 rings (SSSR count). The average molecular weight is 181 g/mol. The van der Waals surface area contributed by atoms with Crippen molar-refractivity contribution in [3.63, 3.8) is 0 Å². The zero-order valence-corrected chi connectivity index (χ0v) is 9.23. The molecule has 0 aromatic rings. The molecule has 1 radical (unpaired) electrons. The third kappa shape index (κ3) is 5.33. The summed E-state index contributed by atoms with van der Waals surface area (Å²) in [5.41, 5.74) is 0. The van der Waals surface area contributed by atoms with Crippen LogP contribution in [0.15, 0.2) is 0 Å². The molecule has 0 nitrogen and oxygen atoms in total. The molecule has 1 saturated carbocycles. The highest BCUT2D eigenvalue weighted by Gasteiger charge is 2.11. The Morgan fingerprint density at radius 1 is 1.08 bits per heavy atom. The average Bonchev–Trinajstić information content (AvgIpc) is 2.41. The second kappa shape index (κ2) is 7.41. The topological polar surface area (TPSA) is 0 Å². The van der Waals surface area contributed by atoms with Gasteiger partial charge in [-0.05, 0) is 18.8 Å². The van der Waals surface area contributed by atoms with Gasteiger partial charge in [-0.25, -0.2) is 0 Å². The zero-order chi connectivity index (χ0) is 9.36. The summed E-state index contributed by atoms with van der Waals surface area (Å²) in [5.74, 6) is 1.07. The van der Waals surface area contributed by atoms with E-state index in [9.17, 15) is 0 Å². The maximum atomic E-state index is 2.49. The lowest BCUT2D eigenvalue weighted by molar-refractivity contribution is 0.408. The molecule has 0 heterocycles. The Morgan fingerprint density at radius 3 is 2.85 bits per heavy atom. The van der Waals surface area contributed by atoms with Crippen molar-refractivity contribution in [2.75, 3.05) is 0 Å². The van der Waals surface area contributed by atoms with Gasteiger partial charge in [0.15, 0.2) is 0 Å². The molecule has 0 spiro atoms. The van der Waals surface area contributed by atoms with Gasteiger partial charge in [0.2, 0.25) is 0 Å². The standard InChI is InChI=1S/C13H25/c1-2-3-4-7-10-13-11-8-5-6-9-12-13/h5,13H,2-4,6-12H2,1H3. The lowest BCUT2D eigenvalue weighted by atomic mass is 9.94. The van der Waals surface area contributed by atoms with Crippen LogP contribution < -0.4 is 0 Å². The first-order chi connectivity index (χ1) is 6.43. The van der Waals surface area contributed by atoms with Gasteiger partial charge < -0.3 is 0 Å². The molecule has 1 atom stereocenters. The Bertz CT molecular complexity index is 98.6. The molecule has 0 amide bonds. The molecule has 0 heteroatoms. The van der Waals surface area contributed by atoms with Gasteiger partial charge in [0, 0.05) is 0 Å². The molecule has 1 aliphatic carbocycles. The van der Waals surface area contributed by atoms with E-state index in [1.165, 1.54) is 64.2 Å². The minimum atomic E-state index is 1.07. The van der Waals surface area contributed by atoms with E-state index >= 15 is 0 Å². The highest BCUT2D eigenvalue weighted by molar-refractivity contribution is 4.74. The summed E-state index contributed by atoms with van der Waals surface area (Å²) >= 11 is 0. The fourth-order valence-corrected chi connectivity index (χ4v) is 2.34. The van der Waals surface area contributed by atoms with Crippen molar-refractivity contribution < 1.29 is 0 Å². The molecule has 0 N–H and O–H groups in total. The first-order valence-electron chi connectivity index (χ1n) is 6.25. The van der Waals surface area contributed by atoms with Crippen molar-refractivity contribution in [2.45, 2.75) is 71.1 Å². The molecular weight excluding hydrogens is 156 g/mol. The predicted molar refractivity (Wildman–Crippen MR) is 59.6 cm³/mol. The maximum absolute atomic E-state index is 2.49. The van der Waals surface area contributed by atoms with Crippen LogP contribution in [0.3, 0.4) is 0 Å². The Morgan fingerprint density at radius 2 is 2.00 bits per heavy atom. The van der Waals surface area contributed by atoms with E-state index in [-0.39, 0.29) is 0 Å². The number of hydrogen-bond acceptors (Lipinski definition) is 0. The van der Waals surface area contributed by atoms with Gasteiger partial charge in [-0.3, -0.25) is 0 Å². The molecule has 1 fully saturated rings. The van der Waals surface area contributed by atoms with Crippen molar-refractivity contribution in [1.29, 1.82) is 0 Å². The Kier molecular flexibility index (Phi) is 6.31. The van der Waals surface area contributed by atoms with Crippen molar-refractivity contribution >= 4 is 0 Å². The first-order valence-corrected chi connectivity index (χ1v) is 6.25. The van der Waals surface area contributed by atoms with Crippen LogP contribution >= 0.6 is 0 Å². The summed E-state index contributed by atoms with van der Waals surface area (Å²) in [6.45, 7) is 2.29. The van der Waals surface area contributed by atoms with Gasteiger partial charge in [-0.15, -0.1) is 0 Å². The van der Waals surface area contributed by atoms with Crippen LogP contribution in [0, 0.1) is 12.3 Å². The smallest absolute Gasteiger partial charge is 0.0386 e. The van der Waals surface area contributed by atoms with Gasteiger partial charge >= 0.3 is 0 Å². The second-order valence-electron chi connectivity index (χ2n) is 4.51. The van der Waals surface area contributed by atoms with Crippen LogP contribution in [0.4, 0.5) is 0 Å². The van der Waals surface area contributed by atoms with E-state index in [0.717, 1.165) is 5.92 Å². The van der Waals surface area contributed by atoms with Crippen LogP contribution in [-0.2, 0) is 0 Å². The summed E-state index contributed by atoms with van der Waals surface area (Å²) in [4.78, 5) is 0. The fourth-order valence-electron chi connectivity index (χ4n) is 2.34. The third-order valence-corrected chi connectivity index (χ3v) is 3.27. The van der Waals surface area contributed by atoms with Crippen molar-refractivity contribution in [1.82, 2.24) is 0 Å². The number of rotatable bonds is 5. The van der Waals surface area contributed by atoms with E-state index < -0.39 is 0 Å². The van der Waals surface area contributed by atoms with Crippen LogP contribution in [-0.4, -0.2) is 0 Å². The van der Waals surface area contributed by atoms with Crippen molar-refractivity contribution in [3.8, 4) is 0 Å². The quantitative estimate of drug-likeness (QED) is 0.424. The maximum Gasteiger partial charge on any atom is -0.0386 e. The van der Waals surface area contributed by atoms with Crippen LogP contribution in [0.5, 0.6) is 0 Å². The minimum Gasteiger partial charge on any atom is -0.0654 e. The Balaban J connectivity index is 1.98. The molecule has 0 aromatic heterocycles. The second-order valence-corrected chi connectivity index (χ2v) is 4.51. The van der Waals surface area contributed by atoms with Gasteiger partial charge in [0.05, 0.1) is 0 Å². The lowest BCUT2D eigenvalue weighted by Crippen LogP contribution is -1.98. The van der Waals surface area contributed by atoms with E-state index in [0.29, 0.717) is 0 Å². The highest BCUT2D eigenvalue weighted by atomic mass is 14.2. The van der Waals surface area contributed by atoms with E-state index in [2.05, 4.69) is 13.3 Å². The minimum absolute atomic E-state index is 1.07. The normalized spacial score (nSPS) is 20.1. The predicted octanol–water partition coefficient (Wildman–Crippen LogP) is 4.74. The molecule has 1 unspecified atom stereocenters.